The average molecular weight is 369 g/mol. The summed E-state index contributed by atoms with van der Waals surface area (Å²) in [5.41, 5.74) is 5.58. The SMILES string of the molecule is O=C(NCCO)c1cc2ccc3oc4cccc5ccc6oc(c1)c2c3-c6c54. The van der Waals surface area contributed by atoms with E-state index in [1.165, 1.54) is 0 Å². The van der Waals surface area contributed by atoms with Crippen molar-refractivity contribution < 1.29 is 18.7 Å². The molecule has 0 radical (unpaired) electrons. The van der Waals surface area contributed by atoms with Crippen LogP contribution >= 0.6 is 0 Å². The number of hydrogen-bond donors (Lipinski definition) is 2. The first-order chi connectivity index (χ1) is 13.7. The zero-order valence-electron chi connectivity index (χ0n) is 14.8. The smallest absolute Gasteiger partial charge is 0.251 e. The van der Waals surface area contributed by atoms with Crippen molar-refractivity contribution in [3.63, 3.8) is 0 Å². The molecule has 0 atom stereocenters. The fraction of sp³-hybridized carbons (Fsp3) is 0.0870. The van der Waals surface area contributed by atoms with E-state index in [1.807, 2.05) is 42.5 Å². The first-order valence-corrected chi connectivity index (χ1v) is 9.16. The number of aliphatic hydroxyl groups excluding tert-OH is 1. The van der Waals surface area contributed by atoms with Gasteiger partial charge in [-0.25, -0.2) is 0 Å². The van der Waals surface area contributed by atoms with Gasteiger partial charge in [0.2, 0.25) is 0 Å². The van der Waals surface area contributed by atoms with Crippen molar-refractivity contribution in [3.05, 3.63) is 60.2 Å². The molecule has 0 spiro atoms. The van der Waals surface area contributed by atoms with Gasteiger partial charge in [0.25, 0.3) is 5.91 Å². The van der Waals surface area contributed by atoms with Gasteiger partial charge in [-0.2, -0.15) is 0 Å². The van der Waals surface area contributed by atoms with Crippen molar-refractivity contribution in [2.24, 2.45) is 0 Å². The second-order valence-corrected chi connectivity index (χ2v) is 6.99. The summed E-state index contributed by atoms with van der Waals surface area (Å²) in [6.45, 7) is 0.110. The number of hydrogen-bond acceptors (Lipinski definition) is 4. The van der Waals surface area contributed by atoms with Crippen molar-refractivity contribution in [3.8, 4) is 11.1 Å². The third-order valence-electron chi connectivity index (χ3n) is 5.36. The van der Waals surface area contributed by atoms with Crippen LogP contribution in [0, 0.1) is 0 Å². The fourth-order valence-electron chi connectivity index (χ4n) is 4.21. The lowest BCUT2D eigenvalue weighted by molar-refractivity contribution is 0.0945. The standard InChI is InChI=1S/C23H15NO4/c25-9-8-24-23(26)14-10-13-5-7-16-22-20(13)18(11-14)28-17-6-4-12-2-1-3-15(27-16)19(12)21(17)22/h1-7,10-11,25H,8-9H2,(H,24,26). The van der Waals surface area contributed by atoms with Crippen LogP contribution in [0.15, 0.2) is 63.4 Å². The van der Waals surface area contributed by atoms with E-state index >= 15 is 0 Å². The van der Waals surface area contributed by atoms with Crippen LogP contribution in [0.1, 0.15) is 10.4 Å². The summed E-state index contributed by atoms with van der Waals surface area (Å²) >= 11 is 0. The minimum atomic E-state index is -0.239. The molecule has 0 unspecified atom stereocenters. The highest BCUT2D eigenvalue weighted by Gasteiger charge is 2.24. The van der Waals surface area contributed by atoms with Gasteiger partial charge in [-0.1, -0.05) is 24.3 Å². The maximum absolute atomic E-state index is 12.4. The average Bonchev–Trinajstić information content (AvgIpc) is 2.73. The molecule has 5 nitrogen and oxygen atoms in total. The van der Waals surface area contributed by atoms with Gasteiger partial charge >= 0.3 is 0 Å². The van der Waals surface area contributed by atoms with Crippen molar-refractivity contribution in [2.45, 2.75) is 0 Å². The summed E-state index contributed by atoms with van der Waals surface area (Å²) in [5, 5.41) is 15.7. The Balaban J connectivity index is 1.76. The summed E-state index contributed by atoms with van der Waals surface area (Å²) in [4.78, 5) is 12.4. The van der Waals surface area contributed by atoms with Crippen LogP contribution < -0.4 is 5.32 Å². The lowest BCUT2D eigenvalue weighted by Crippen LogP contribution is -2.26. The summed E-state index contributed by atoms with van der Waals surface area (Å²) < 4.78 is 12.5. The number of amides is 1. The maximum Gasteiger partial charge on any atom is 0.251 e. The van der Waals surface area contributed by atoms with Crippen LogP contribution in [0.4, 0.5) is 0 Å². The largest absolute Gasteiger partial charge is 0.456 e. The molecule has 2 aliphatic heterocycles. The monoisotopic (exact) mass is 369 g/mol. The molecule has 1 amide bonds. The Kier molecular flexibility index (Phi) is 3.02. The molecule has 2 heterocycles. The molecule has 5 heteroatoms. The van der Waals surface area contributed by atoms with Gasteiger partial charge in [-0.05, 0) is 41.1 Å². The second kappa shape index (κ2) is 5.47. The molecule has 0 fully saturated rings. The third kappa shape index (κ3) is 1.96. The van der Waals surface area contributed by atoms with E-state index in [4.69, 9.17) is 13.9 Å². The molecule has 6 rings (SSSR count). The number of carbonyl (C=O) groups is 1. The molecule has 4 aromatic carbocycles. The highest BCUT2D eigenvalue weighted by Crippen LogP contribution is 2.47. The Hall–Kier alpha value is -3.57. The zero-order valence-corrected chi connectivity index (χ0v) is 14.8. The van der Waals surface area contributed by atoms with Gasteiger partial charge in [0.15, 0.2) is 0 Å². The molecule has 0 saturated heterocycles. The lowest BCUT2D eigenvalue weighted by atomic mass is 9.90. The Morgan fingerprint density at radius 2 is 1.54 bits per heavy atom. The van der Waals surface area contributed by atoms with Crippen LogP contribution in [0.25, 0.3) is 55.0 Å². The molecule has 0 bridgehead atoms. The van der Waals surface area contributed by atoms with Crippen molar-refractivity contribution in [1.29, 1.82) is 0 Å². The van der Waals surface area contributed by atoms with E-state index in [-0.39, 0.29) is 19.1 Å². The van der Waals surface area contributed by atoms with Gasteiger partial charge in [0.05, 0.1) is 6.61 Å². The van der Waals surface area contributed by atoms with Gasteiger partial charge < -0.3 is 19.3 Å². The summed E-state index contributed by atoms with van der Waals surface area (Å²) in [6, 6.07) is 17.5. The molecular weight excluding hydrogens is 354 g/mol. The van der Waals surface area contributed by atoms with Crippen LogP contribution in [-0.2, 0) is 0 Å². The first-order valence-electron chi connectivity index (χ1n) is 9.16. The second-order valence-electron chi connectivity index (χ2n) is 6.99. The number of nitrogens with one attached hydrogen (secondary N) is 1. The number of aliphatic hydroxyl groups is 1. The molecule has 0 aliphatic carbocycles. The zero-order chi connectivity index (χ0) is 18.8. The molecule has 2 aliphatic rings. The number of carbonyl (C=O) groups excluding carboxylic acids is 1. The van der Waals surface area contributed by atoms with Crippen molar-refractivity contribution in [2.75, 3.05) is 13.2 Å². The van der Waals surface area contributed by atoms with Gasteiger partial charge in [0, 0.05) is 34.0 Å². The van der Waals surface area contributed by atoms with Crippen LogP contribution in [-0.4, -0.2) is 24.2 Å². The van der Waals surface area contributed by atoms with E-state index in [0.29, 0.717) is 11.1 Å². The Morgan fingerprint density at radius 1 is 0.821 bits per heavy atom. The highest BCUT2D eigenvalue weighted by molar-refractivity contribution is 6.24. The van der Waals surface area contributed by atoms with Crippen molar-refractivity contribution >= 4 is 49.8 Å². The number of rotatable bonds is 3. The molecule has 0 saturated carbocycles. The minimum absolute atomic E-state index is 0.101. The van der Waals surface area contributed by atoms with Crippen LogP contribution in [0.2, 0.25) is 0 Å². The number of benzene rings is 4. The van der Waals surface area contributed by atoms with Gasteiger partial charge in [0.1, 0.15) is 22.3 Å². The Morgan fingerprint density at radius 3 is 2.32 bits per heavy atom. The van der Waals surface area contributed by atoms with Crippen LogP contribution in [0.5, 0.6) is 0 Å². The van der Waals surface area contributed by atoms with E-state index in [1.54, 1.807) is 6.07 Å². The Bertz CT molecular complexity index is 1470. The normalized spacial score (nSPS) is 12.2. The van der Waals surface area contributed by atoms with E-state index in [2.05, 4.69) is 11.4 Å². The predicted molar refractivity (Wildman–Crippen MR) is 108 cm³/mol. The Labute approximate surface area is 158 Å². The minimum Gasteiger partial charge on any atom is -0.456 e. The van der Waals surface area contributed by atoms with Gasteiger partial charge in [-0.3, -0.25) is 4.79 Å². The predicted octanol–water partition coefficient (Wildman–Crippen LogP) is 4.75. The molecule has 4 aromatic rings. The van der Waals surface area contributed by atoms with Gasteiger partial charge in [-0.15, -0.1) is 0 Å². The fourth-order valence-corrected chi connectivity index (χ4v) is 4.21. The molecule has 136 valence electrons. The molecular formula is C23H15NO4. The first kappa shape index (κ1) is 15.5. The van der Waals surface area contributed by atoms with E-state index in [0.717, 1.165) is 49.4 Å². The quantitative estimate of drug-likeness (QED) is 0.349. The maximum atomic E-state index is 12.4. The topological polar surface area (TPSA) is 75.6 Å². The summed E-state index contributed by atoms with van der Waals surface area (Å²) in [7, 11) is 0. The summed E-state index contributed by atoms with van der Waals surface area (Å²) in [6.07, 6.45) is 0. The van der Waals surface area contributed by atoms with Crippen molar-refractivity contribution in [1.82, 2.24) is 5.32 Å². The lowest BCUT2D eigenvalue weighted by Gasteiger charge is -2.19. The molecule has 2 N–H and O–H groups in total. The van der Waals surface area contributed by atoms with E-state index < -0.39 is 0 Å². The van der Waals surface area contributed by atoms with Crippen LogP contribution in [0.3, 0.4) is 0 Å². The third-order valence-corrected chi connectivity index (χ3v) is 5.36. The van der Waals surface area contributed by atoms with E-state index in [9.17, 15) is 4.79 Å². The molecule has 28 heavy (non-hydrogen) atoms. The summed E-state index contributed by atoms with van der Waals surface area (Å²) in [5.74, 6) is -0.239. The highest BCUT2D eigenvalue weighted by atomic mass is 16.3. The molecule has 0 aromatic heterocycles.